The number of carbonyl (C=O) groups excluding carboxylic acids is 1. The highest BCUT2D eigenvalue weighted by molar-refractivity contribution is 7.85. The Kier molecular flexibility index (Phi) is 7.31. The van der Waals surface area contributed by atoms with Crippen LogP contribution in [0.2, 0.25) is 0 Å². The molecule has 1 N–H and O–H groups in total. The number of amides is 1. The van der Waals surface area contributed by atoms with Gasteiger partial charge >= 0.3 is 5.97 Å². The predicted molar refractivity (Wildman–Crippen MR) is 173 cm³/mol. The van der Waals surface area contributed by atoms with Crippen LogP contribution in [-0.4, -0.2) is 60.2 Å². The normalized spacial score (nSPS) is 14.0. The number of hydrogen-bond acceptors (Lipinski definition) is 5. The van der Waals surface area contributed by atoms with Gasteiger partial charge in [-0.05, 0) is 59.7 Å². The first-order chi connectivity index (χ1) is 21.4. The zero-order valence-electron chi connectivity index (χ0n) is 23.4. The third-order valence-electron chi connectivity index (χ3n) is 7.94. The molecule has 44 heavy (non-hydrogen) atoms. The molecule has 6 aromatic rings. The van der Waals surface area contributed by atoms with Gasteiger partial charge in [-0.15, -0.1) is 11.3 Å². The average molecular weight is 624 g/mol. The number of carboxylic acid groups (broad SMARTS) is 1. The minimum atomic E-state index is -1.02. The molecule has 1 aliphatic rings. The lowest BCUT2D eigenvalue weighted by molar-refractivity contribution is -0.131. The van der Waals surface area contributed by atoms with Crippen LogP contribution in [0.1, 0.15) is 9.67 Å². The second kappa shape index (κ2) is 11.4. The van der Waals surface area contributed by atoms with E-state index in [-0.39, 0.29) is 23.1 Å². The Morgan fingerprint density at radius 3 is 2.34 bits per heavy atom. The first-order valence-electron chi connectivity index (χ1n) is 14.1. The van der Waals surface area contributed by atoms with Crippen LogP contribution in [0.4, 0.5) is 4.39 Å². The van der Waals surface area contributed by atoms with E-state index in [0.717, 1.165) is 49.2 Å². The number of rotatable bonds is 6. The van der Waals surface area contributed by atoms with Crippen LogP contribution in [-0.2, 0) is 22.1 Å². The molecule has 7 nitrogen and oxygen atoms in total. The molecule has 10 heteroatoms. The summed E-state index contributed by atoms with van der Waals surface area (Å²) in [6.45, 7) is 0.873. The molecule has 3 aromatic carbocycles. The minimum Gasteiger partial charge on any atom is -0.477 e. The average Bonchev–Trinajstić information content (AvgIpc) is 3.60. The van der Waals surface area contributed by atoms with Crippen molar-refractivity contribution in [1.82, 2.24) is 14.5 Å². The fourth-order valence-corrected chi connectivity index (χ4v) is 7.86. The van der Waals surface area contributed by atoms with Crippen LogP contribution in [0.5, 0.6) is 0 Å². The number of halogens is 1. The number of nitrogens with zero attached hydrogens (tertiary/aromatic N) is 3. The number of fused-ring (bicyclic) bond motifs is 2. The summed E-state index contributed by atoms with van der Waals surface area (Å²) in [7, 11) is -0.919. The zero-order valence-corrected chi connectivity index (χ0v) is 25.0. The number of aromatic nitrogens is 2. The first kappa shape index (κ1) is 28.1. The molecule has 0 atom stereocenters. The van der Waals surface area contributed by atoms with E-state index in [9.17, 15) is 23.3 Å². The molecular formula is C34H26FN3O4S2. The first-order valence-corrected chi connectivity index (χ1v) is 16.4. The van der Waals surface area contributed by atoms with Gasteiger partial charge in [0.2, 0.25) is 5.91 Å². The van der Waals surface area contributed by atoms with Gasteiger partial charge < -0.3 is 14.6 Å². The van der Waals surface area contributed by atoms with E-state index in [2.05, 4.69) is 0 Å². The van der Waals surface area contributed by atoms with Crippen LogP contribution in [0.3, 0.4) is 0 Å². The van der Waals surface area contributed by atoms with Crippen molar-refractivity contribution >= 4 is 55.1 Å². The molecule has 4 heterocycles. The Bertz CT molecular complexity index is 2080. The van der Waals surface area contributed by atoms with Gasteiger partial charge in [0.25, 0.3) is 0 Å². The van der Waals surface area contributed by atoms with Crippen molar-refractivity contribution in [2.45, 2.75) is 6.54 Å². The van der Waals surface area contributed by atoms with E-state index in [0.29, 0.717) is 30.1 Å². The van der Waals surface area contributed by atoms with Gasteiger partial charge in [-0.1, -0.05) is 42.5 Å². The third kappa shape index (κ3) is 5.20. The third-order valence-corrected chi connectivity index (χ3v) is 10.3. The van der Waals surface area contributed by atoms with Gasteiger partial charge in [0.1, 0.15) is 17.2 Å². The van der Waals surface area contributed by atoms with Crippen molar-refractivity contribution in [3.8, 4) is 33.6 Å². The number of thiophene rings is 1. The smallest absolute Gasteiger partial charge is 0.345 e. The molecule has 1 fully saturated rings. The highest BCUT2D eigenvalue weighted by Crippen LogP contribution is 2.45. The molecule has 0 bridgehead atoms. The molecule has 220 valence electrons. The number of benzene rings is 3. The molecule has 1 saturated heterocycles. The summed E-state index contributed by atoms with van der Waals surface area (Å²) >= 11 is 1.20. The van der Waals surface area contributed by atoms with E-state index in [1.165, 1.54) is 23.5 Å². The molecule has 0 spiro atoms. The highest BCUT2D eigenvalue weighted by Gasteiger charge is 2.27. The number of carbonyl (C=O) groups is 2. The molecule has 0 saturated carbocycles. The van der Waals surface area contributed by atoms with Gasteiger partial charge in [0, 0.05) is 51.9 Å². The number of aromatic carboxylic acids is 1. The van der Waals surface area contributed by atoms with E-state index >= 15 is 0 Å². The molecule has 1 aliphatic heterocycles. The van der Waals surface area contributed by atoms with Gasteiger partial charge in [-0.2, -0.15) is 0 Å². The highest BCUT2D eigenvalue weighted by atomic mass is 32.2. The largest absolute Gasteiger partial charge is 0.477 e. The monoisotopic (exact) mass is 623 g/mol. The van der Waals surface area contributed by atoms with Gasteiger partial charge in [0.15, 0.2) is 0 Å². The van der Waals surface area contributed by atoms with Crippen molar-refractivity contribution in [3.05, 3.63) is 102 Å². The molecule has 3 aromatic heterocycles. The second-order valence-electron chi connectivity index (χ2n) is 10.6. The summed E-state index contributed by atoms with van der Waals surface area (Å²) < 4.78 is 28.1. The lowest BCUT2D eigenvalue weighted by Gasteiger charge is -2.27. The van der Waals surface area contributed by atoms with Crippen LogP contribution < -0.4 is 0 Å². The van der Waals surface area contributed by atoms with E-state index in [4.69, 9.17) is 4.98 Å². The van der Waals surface area contributed by atoms with E-state index in [1.807, 2.05) is 65.2 Å². The molecule has 0 aliphatic carbocycles. The lowest BCUT2D eigenvalue weighted by Crippen LogP contribution is -2.43. The number of carboxylic acids is 1. The van der Waals surface area contributed by atoms with Gasteiger partial charge in [-0.25, -0.2) is 14.2 Å². The number of hydrogen-bond donors (Lipinski definition) is 1. The van der Waals surface area contributed by atoms with Crippen molar-refractivity contribution in [2.75, 3.05) is 24.6 Å². The van der Waals surface area contributed by atoms with Gasteiger partial charge in [-0.3, -0.25) is 9.00 Å². The minimum absolute atomic E-state index is 0.0148. The fraction of sp³-hybridized carbons (Fsp3) is 0.147. The van der Waals surface area contributed by atoms with Crippen molar-refractivity contribution in [3.63, 3.8) is 0 Å². The van der Waals surface area contributed by atoms with Crippen molar-refractivity contribution in [1.29, 1.82) is 0 Å². The van der Waals surface area contributed by atoms with E-state index < -0.39 is 16.8 Å². The standard InChI is InChI=1S/C34H26FN3O4S2/c35-25-10-6-21(7-11-25)26-12-8-23-18-24(9-13-27(23)36-26)32-31(22-4-2-1-3-5-22)33-28(19-29(43-33)34(40)41)38(32)20-30(39)37-14-16-44(42)17-15-37/h1-13,18-19H,14-17,20H2,(H,40,41). The summed E-state index contributed by atoms with van der Waals surface area (Å²) in [6.07, 6.45) is 0. The summed E-state index contributed by atoms with van der Waals surface area (Å²) in [5, 5.41) is 10.8. The van der Waals surface area contributed by atoms with E-state index in [1.54, 1.807) is 23.1 Å². The summed E-state index contributed by atoms with van der Waals surface area (Å²) in [4.78, 5) is 32.5. The topological polar surface area (TPSA) is 92.5 Å². The van der Waals surface area contributed by atoms with Crippen molar-refractivity contribution < 1.29 is 23.3 Å². The maximum atomic E-state index is 13.7. The quantitative estimate of drug-likeness (QED) is 0.224. The fourth-order valence-electron chi connectivity index (χ4n) is 5.74. The van der Waals surface area contributed by atoms with Crippen LogP contribution in [0.25, 0.3) is 54.8 Å². The Morgan fingerprint density at radius 1 is 0.886 bits per heavy atom. The summed E-state index contributed by atoms with van der Waals surface area (Å²) in [5.74, 6) is -0.520. The van der Waals surface area contributed by atoms with Crippen LogP contribution in [0.15, 0.2) is 91.0 Å². The van der Waals surface area contributed by atoms with Crippen molar-refractivity contribution in [2.24, 2.45) is 0 Å². The summed E-state index contributed by atoms with van der Waals surface area (Å²) in [6, 6.07) is 27.5. The molecule has 0 unspecified atom stereocenters. The Hall–Kier alpha value is -4.67. The molecule has 0 radical (unpaired) electrons. The Morgan fingerprint density at radius 2 is 1.61 bits per heavy atom. The van der Waals surface area contributed by atoms with Gasteiger partial charge in [0.05, 0.1) is 27.1 Å². The maximum absolute atomic E-state index is 13.7. The molecule has 1 amide bonds. The lowest BCUT2D eigenvalue weighted by atomic mass is 9.99. The second-order valence-corrected chi connectivity index (χ2v) is 13.4. The van der Waals surface area contributed by atoms with Crippen LogP contribution in [0, 0.1) is 5.82 Å². The summed E-state index contributed by atoms with van der Waals surface area (Å²) in [5.41, 5.74) is 6.44. The SMILES string of the molecule is O=C(O)c1cc2c(s1)c(-c1ccccc1)c(-c1ccc3nc(-c4ccc(F)cc4)ccc3c1)n2CC(=O)N1CCS(=O)CC1. The molecular weight excluding hydrogens is 598 g/mol. The van der Waals surface area contributed by atoms with Crippen LogP contribution >= 0.6 is 11.3 Å². The predicted octanol–water partition coefficient (Wildman–Crippen LogP) is 6.68. The number of pyridine rings is 1. The Balaban J connectivity index is 1.40. The Labute approximate surface area is 258 Å². The maximum Gasteiger partial charge on any atom is 0.345 e. The zero-order chi connectivity index (χ0) is 30.4. The molecule has 7 rings (SSSR count).